The molecule has 0 saturated carbocycles. The molecule has 1 N–H and O–H groups in total. The van der Waals surface area contributed by atoms with Crippen molar-refractivity contribution in [3.63, 3.8) is 0 Å². The van der Waals surface area contributed by atoms with Gasteiger partial charge in [-0.3, -0.25) is 0 Å². The second kappa shape index (κ2) is 4.20. The van der Waals surface area contributed by atoms with Crippen molar-refractivity contribution >= 4 is 6.09 Å². The van der Waals surface area contributed by atoms with Crippen molar-refractivity contribution in [3.05, 3.63) is 0 Å². The normalized spacial score (nSPS) is 14.8. The number of ether oxygens (including phenoxy) is 1. The van der Waals surface area contributed by atoms with Crippen molar-refractivity contribution in [2.24, 2.45) is 5.41 Å². The van der Waals surface area contributed by atoms with Crippen LogP contribution in [0.15, 0.2) is 0 Å². The number of hydrogen-bond acceptors (Lipinski definition) is 2. The molecule has 14 heavy (non-hydrogen) atoms. The van der Waals surface area contributed by atoms with E-state index < -0.39 is 5.60 Å². The zero-order valence-electron chi connectivity index (χ0n) is 10.4. The monoisotopic (exact) mass is 201 g/mol. The molecule has 1 atom stereocenters. The molecule has 0 heterocycles. The molecule has 84 valence electrons. The van der Waals surface area contributed by atoms with Crippen LogP contribution in [-0.2, 0) is 4.74 Å². The molecule has 0 saturated heterocycles. The van der Waals surface area contributed by atoms with Crippen LogP contribution in [0.4, 0.5) is 4.79 Å². The van der Waals surface area contributed by atoms with Crippen LogP contribution in [0, 0.1) is 5.41 Å². The van der Waals surface area contributed by atoms with Gasteiger partial charge in [0.1, 0.15) is 5.60 Å². The number of alkyl carbamates (subject to hydrolysis) is 1. The molecule has 0 aliphatic rings. The summed E-state index contributed by atoms with van der Waals surface area (Å²) in [6.45, 7) is 13.8. The Morgan fingerprint density at radius 3 is 1.86 bits per heavy atom. The van der Waals surface area contributed by atoms with Crippen LogP contribution in [0.25, 0.3) is 0 Å². The van der Waals surface area contributed by atoms with Crippen LogP contribution in [0.3, 0.4) is 0 Å². The molecule has 0 aromatic heterocycles. The minimum absolute atomic E-state index is 0.0525. The Labute approximate surface area is 87.2 Å². The number of carbonyl (C=O) groups excluding carboxylic acids is 1. The van der Waals surface area contributed by atoms with Crippen molar-refractivity contribution in [3.8, 4) is 0 Å². The lowest BCUT2D eigenvalue weighted by atomic mass is 9.88. The van der Waals surface area contributed by atoms with Crippen LogP contribution in [-0.4, -0.2) is 17.7 Å². The van der Waals surface area contributed by atoms with E-state index in [1.807, 2.05) is 27.7 Å². The highest BCUT2D eigenvalue weighted by atomic mass is 16.6. The van der Waals surface area contributed by atoms with Crippen LogP contribution < -0.4 is 5.32 Å². The zero-order chi connectivity index (χ0) is 11.6. The molecule has 1 amide bonds. The third-order valence-corrected chi connectivity index (χ3v) is 2.03. The van der Waals surface area contributed by atoms with E-state index in [4.69, 9.17) is 4.74 Å². The summed E-state index contributed by atoms with van der Waals surface area (Å²) in [5, 5.41) is 2.82. The molecule has 0 bridgehead atoms. The third-order valence-electron chi connectivity index (χ3n) is 2.03. The van der Waals surface area contributed by atoms with Crippen molar-refractivity contribution in [1.29, 1.82) is 0 Å². The zero-order valence-corrected chi connectivity index (χ0v) is 10.4. The van der Waals surface area contributed by atoms with Gasteiger partial charge in [-0.25, -0.2) is 4.79 Å². The van der Waals surface area contributed by atoms with Crippen molar-refractivity contribution in [1.82, 2.24) is 5.32 Å². The Morgan fingerprint density at radius 1 is 1.14 bits per heavy atom. The average molecular weight is 201 g/mol. The Hall–Kier alpha value is -0.730. The maximum atomic E-state index is 11.4. The van der Waals surface area contributed by atoms with Gasteiger partial charge in [-0.15, -0.1) is 0 Å². The van der Waals surface area contributed by atoms with Crippen molar-refractivity contribution in [2.75, 3.05) is 0 Å². The van der Waals surface area contributed by atoms with Gasteiger partial charge in [-0.1, -0.05) is 20.8 Å². The third kappa shape index (κ3) is 5.84. The Kier molecular flexibility index (Phi) is 3.98. The topological polar surface area (TPSA) is 38.3 Å². The van der Waals surface area contributed by atoms with Crippen molar-refractivity contribution in [2.45, 2.75) is 60.1 Å². The van der Waals surface area contributed by atoms with Gasteiger partial charge in [-0.05, 0) is 33.1 Å². The van der Waals surface area contributed by atoms with Gasteiger partial charge in [0.2, 0.25) is 0 Å². The first-order chi connectivity index (χ1) is 6.02. The number of nitrogens with one attached hydrogen (secondary N) is 1. The molecule has 3 nitrogen and oxygen atoms in total. The minimum atomic E-state index is -0.429. The van der Waals surface area contributed by atoms with E-state index in [-0.39, 0.29) is 17.6 Å². The lowest BCUT2D eigenvalue weighted by molar-refractivity contribution is 0.0473. The molecule has 0 aliphatic heterocycles. The van der Waals surface area contributed by atoms with Gasteiger partial charge in [0.05, 0.1) is 0 Å². The SMILES string of the molecule is C[C@H](NC(=O)OC(C)(C)C)C(C)(C)C. The summed E-state index contributed by atoms with van der Waals surface area (Å²) in [5.41, 5.74) is -0.376. The first-order valence-electron chi connectivity index (χ1n) is 5.02. The molecule has 0 radical (unpaired) electrons. The predicted molar refractivity (Wildman–Crippen MR) is 58.3 cm³/mol. The smallest absolute Gasteiger partial charge is 0.407 e. The second-order valence-corrected chi connectivity index (χ2v) is 5.73. The van der Waals surface area contributed by atoms with E-state index in [2.05, 4.69) is 26.1 Å². The predicted octanol–water partition coefficient (Wildman–Crippen LogP) is 2.95. The molecule has 0 spiro atoms. The largest absolute Gasteiger partial charge is 0.444 e. The summed E-state index contributed by atoms with van der Waals surface area (Å²) in [5.74, 6) is 0. The van der Waals surface area contributed by atoms with Gasteiger partial charge in [-0.2, -0.15) is 0 Å². The molecule has 0 aliphatic carbocycles. The highest BCUT2D eigenvalue weighted by molar-refractivity contribution is 5.68. The summed E-state index contributed by atoms with van der Waals surface area (Å²) in [6, 6.07) is 0.0948. The summed E-state index contributed by atoms with van der Waals surface area (Å²) in [7, 11) is 0. The number of rotatable bonds is 1. The van der Waals surface area contributed by atoms with Gasteiger partial charge in [0.15, 0.2) is 0 Å². The lowest BCUT2D eigenvalue weighted by Gasteiger charge is -2.29. The molecule has 0 aromatic carbocycles. The summed E-state index contributed by atoms with van der Waals surface area (Å²) in [4.78, 5) is 11.4. The highest BCUT2D eigenvalue weighted by Crippen LogP contribution is 2.19. The van der Waals surface area contributed by atoms with E-state index in [9.17, 15) is 4.79 Å². The Morgan fingerprint density at radius 2 is 1.57 bits per heavy atom. The maximum Gasteiger partial charge on any atom is 0.407 e. The van der Waals surface area contributed by atoms with E-state index >= 15 is 0 Å². The minimum Gasteiger partial charge on any atom is -0.444 e. The van der Waals surface area contributed by atoms with Gasteiger partial charge in [0, 0.05) is 6.04 Å². The Balaban J connectivity index is 4.09. The summed E-state index contributed by atoms with van der Waals surface area (Å²) >= 11 is 0. The van der Waals surface area contributed by atoms with E-state index in [0.29, 0.717) is 0 Å². The molecule has 3 heteroatoms. The number of hydrogen-bond donors (Lipinski definition) is 1. The highest BCUT2D eigenvalue weighted by Gasteiger charge is 2.24. The number of amides is 1. The van der Waals surface area contributed by atoms with Gasteiger partial charge < -0.3 is 10.1 Å². The van der Waals surface area contributed by atoms with Crippen LogP contribution >= 0.6 is 0 Å². The van der Waals surface area contributed by atoms with Crippen molar-refractivity contribution < 1.29 is 9.53 Å². The molecule has 0 aromatic rings. The van der Waals surface area contributed by atoms with E-state index in [1.54, 1.807) is 0 Å². The molecule has 0 rings (SSSR count). The fraction of sp³-hybridized carbons (Fsp3) is 0.909. The van der Waals surface area contributed by atoms with Gasteiger partial charge >= 0.3 is 6.09 Å². The van der Waals surface area contributed by atoms with E-state index in [1.165, 1.54) is 0 Å². The molecular formula is C11H23NO2. The fourth-order valence-corrected chi connectivity index (χ4v) is 0.701. The number of carbonyl (C=O) groups is 1. The van der Waals surface area contributed by atoms with Crippen LogP contribution in [0.1, 0.15) is 48.5 Å². The Bertz CT molecular complexity index is 198. The second-order valence-electron chi connectivity index (χ2n) is 5.73. The fourth-order valence-electron chi connectivity index (χ4n) is 0.701. The van der Waals surface area contributed by atoms with E-state index in [0.717, 1.165) is 0 Å². The molecule has 0 fully saturated rings. The van der Waals surface area contributed by atoms with Crippen LogP contribution in [0.5, 0.6) is 0 Å². The summed E-state index contributed by atoms with van der Waals surface area (Å²) < 4.78 is 5.15. The summed E-state index contributed by atoms with van der Waals surface area (Å²) in [6.07, 6.45) is -0.347. The first-order valence-corrected chi connectivity index (χ1v) is 5.02. The maximum absolute atomic E-state index is 11.4. The van der Waals surface area contributed by atoms with Crippen LogP contribution in [0.2, 0.25) is 0 Å². The van der Waals surface area contributed by atoms with Gasteiger partial charge in [0.25, 0.3) is 0 Å². The lowest BCUT2D eigenvalue weighted by Crippen LogP contribution is -2.43. The first kappa shape index (κ1) is 13.3. The molecular weight excluding hydrogens is 178 g/mol. The molecule has 0 unspecified atom stereocenters. The average Bonchev–Trinajstić information content (AvgIpc) is 1.79. The standard InChI is InChI=1S/C11H23NO2/c1-8(10(2,3)4)12-9(13)14-11(5,6)7/h8H,1-7H3,(H,12,13)/t8-/m0/s1. The quantitative estimate of drug-likeness (QED) is 0.708.